The second-order valence-corrected chi connectivity index (χ2v) is 6.54. The van der Waals surface area contributed by atoms with Crippen LogP contribution in [0.25, 0.3) is 0 Å². The van der Waals surface area contributed by atoms with E-state index in [1.165, 1.54) is 37.3 Å². The van der Waals surface area contributed by atoms with Gasteiger partial charge in [-0.3, -0.25) is 19.7 Å². The maximum absolute atomic E-state index is 12.9. The average Bonchev–Trinajstić information content (AvgIpc) is 2.79. The third-order valence-electron chi connectivity index (χ3n) is 4.61. The molecule has 2 aromatic rings. The van der Waals surface area contributed by atoms with E-state index in [-0.39, 0.29) is 36.2 Å². The van der Waals surface area contributed by atoms with Gasteiger partial charge < -0.3 is 24.4 Å². The lowest BCUT2D eigenvalue weighted by atomic mass is 10.1. The first-order valence-corrected chi connectivity index (χ1v) is 9.40. The summed E-state index contributed by atoms with van der Waals surface area (Å²) in [4.78, 5) is 36.9. The molecule has 2 amide bonds. The predicted octanol–water partition coefficient (Wildman–Crippen LogP) is 2.15. The lowest BCUT2D eigenvalue weighted by molar-refractivity contribution is -0.385. The van der Waals surface area contributed by atoms with Crippen LogP contribution in [-0.2, 0) is 16.1 Å². The molecule has 1 N–H and O–H groups in total. The molecule has 2 aromatic carbocycles. The Kier molecular flexibility index (Phi) is 8.18. The number of likely N-dealkylation sites (N-methyl/N-ethyl adjacent to an activating group) is 1. The van der Waals surface area contributed by atoms with Crippen molar-refractivity contribution in [3.63, 3.8) is 0 Å². The fraction of sp³-hybridized carbons (Fsp3) is 0.333. The molecule has 0 aromatic heterocycles. The number of nitro benzene ring substituents is 1. The summed E-state index contributed by atoms with van der Waals surface area (Å²) in [5.41, 5.74) is 0.564. The molecule has 10 heteroatoms. The molecular formula is C21H25N3O7. The summed E-state index contributed by atoms with van der Waals surface area (Å²) in [5.74, 6) is 0.114. The molecule has 0 aliphatic carbocycles. The van der Waals surface area contributed by atoms with Gasteiger partial charge in [0.05, 0.1) is 19.1 Å². The highest BCUT2D eigenvalue weighted by Gasteiger charge is 2.26. The maximum atomic E-state index is 12.9. The Balaban J connectivity index is 2.18. The summed E-state index contributed by atoms with van der Waals surface area (Å²) in [5, 5.41) is 13.5. The van der Waals surface area contributed by atoms with Crippen LogP contribution in [0.3, 0.4) is 0 Å². The maximum Gasteiger partial charge on any atom is 0.311 e. The van der Waals surface area contributed by atoms with Crippen molar-refractivity contribution in [1.82, 2.24) is 10.2 Å². The number of benzene rings is 2. The third kappa shape index (κ3) is 6.08. The average molecular weight is 431 g/mol. The quantitative estimate of drug-likeness (QED) is 0.452. The zero-order valence-corrected chi connectivity index (χ0v) is 17.8. The second-order valence-electron chi connectivity index (χ2n) is 6.54. The molecule has 0 bridgehead atoms. The highest BCUT2D eigenvalue weighted by Crippen LogP contribution is 2.30. The zero-order valence-electron chi connectivity index (χ0n) is 17.8. The standard InChI is InChI=1S/C21H25N3O7/c1-14(21(26)22-2)23(12-15-6-5-7-16(10-15)29-3)20(25)13-31-17-8-9-18(24(27)28)19(11-17)30-4/h5-11,14H,12-13H2,1-4H3,(H,22,26). The lowest BCUT2D eigenvalue weighted by Gasteiger charge is -2.28. The van der Waals surface area contributed by atoms with Crippen LogP contribution in [0.5, 0.6) is 17.2 Å². The van der Waals surface area contributed by atoms with E-state index in [4.69, 9.17) is 14.2 Å². The topological polar surface area (TPSA) is 120 Å². The minimum Gasteiger partial charge on any atom is -0.497 e. The van der Waals surface area contributed by atoms with Crippen molar-refractivity contribution in [2.75, 3.05) is 27.9 Å². The molecule has 0 fully saturated rings. The Hall–Kier alpha value is -3.82. The monoisotopic (exact) mass is 431 g/mol. The number of rotatable bonds is 10. The number of carbonyl (C=O) groups excluding carboxylic acids is 2. The summed E-state index contributed by atoms with van der Waals surface area (Å²) in [7, 11) is 4.34. The molecule has 0 radical (unpaired) electrons. The number of hydrogen-bond acceptors (Lipinski definition) is 7. The Morgan fingerprint density at radius 2 is 1.87 bits per heavy atom. The predicted molar refractivity (Wildman–Crippen MR) is 112 cm³/mol. The number of carbonyl (C=O) groups is 2. The molecule has 1 atom stereocenters. The van der Waals surface area contributed by atoms with Gasteiger partial charge in [-0.2, -0.15) is 0 Å². The highest BCUT2D eigenvalue weighted by molar-refractivity contribution is 5.87. The van der Waals surface area contributed by atoms with Crippen molar-refractivity contribution in [3.8, 4) is 17.2 Å². The molecule has 1 unspecified atom stereocenters. The highest BCUT2D eigenvalue weighted by atomic mass is 16.6. The van der Waals surface area contributed by atoms with Gasteiger partial charge in [-0.05, 0) is 30.7 Å². The van der Waals surface area contributed by atoms with E-state index in [9.17, 15) is 19.7 Å². The van der Waals surface area contributed by atoms with Crippen LogP contribution in [0, 0.1) is 10.1 Å². The van der Waals surface area contributed by atoms with Crippen LogP contribution in [0.1, 0.15) is 12.5 Å². The van der Waals surface area contributed by atoms with Crippen molar-refractivity contribution in [1.29, 1.82) is 0 Å². The SMILES string of the molecule is CNC(=O)C(C)N(Cc1cccc(OC)c1)C(=O)COc1ccc([N+](=O)[O-])c(OC)c1. The molecule has 2 rings (SSSR count). The first-order chi connectivity index (χ1) is 14.8. The number of nitrogens with zero attached hydrogens (tertiary/aromatic N) is 2. The van der Waals surface area contributed by atoms with E-state index < -0.39 is 16.9 Å². The van der Waals surface area contributed by atoms with Crippen molar-refractivity contribution < 1.29 is 28.7 Å². The van der Waals surface area contributed by atoms with E-state index in [0.29, 0.717) is 5.75 Å². The van der Waals surface area contributed by atoms with E-state index in [0.717, 1.165) is 5.56 Å². The van der Waals surface area contributed by atoms with Gasteiger partial charge in [0.2, 0.25) is 11.7 Å². The Morgan fingerprint density at radius 1 is 1.13 bits per heavy atom. The lowest BCUT2D eigenvalue weighted by Crippen LogP contribution is -2.48. The van der Waals surface area contributed by atoms with Gasteiger partial charge in [0, 0.05) is 25.7 Å². The van der Waals surface area contributed by atoms with Gasteiger partial charge in [-0.1, -0.05) is 12.1 Å². The number of amides is 2. The van der Waals surface area contributed by atoms with Crippen molar-refractivity contribution in [2.45, 2.75) is 19.5 Å². The second kappa shape index (κ2) is 10.8. The van der Waals surface area contributed by atoms with Crippen molar-refractivity contribution >= 4 is 17.5 Å². The zero-order chi connectivity index (χ0) is 23.0. The largest absolute Gasteiger partial charge is 0.497 e. The summed E-state index contributed by atoms with van der Waals surface area (Å²) >= 11 is 0. The smallest absolute Gasteiger partial charge is 0.311 e. The van der Waals surface area contributed by atoms with Crippen LogP contribution in [0.15, 0.2) is 42.5 Å². The van der Waals surface area contributed by atoms with Crippen LogP contribution in [0.2, 0.25) is 0 Å². The number of ether oxygens (including phenoxy) is 3. The van der Waals surface area contributed by atoms with E-state index in [1.807, 2.05) is 6.07 Å². The summed E-state index contributed by atoms with van der Waals surface area (Å²) < 4.78 is 15.7. The van der Waals surface area contributed by atoms with Gasteiger partial charge in [0.25, 0.3) is 5.91 Å². The Morgan fingerprint density at radius 3 is 2.48 bits per heavy atom. The Bertz CT molecular complexity index is 948. The summed E-state index contributed by atoms with van der Waals surface area (Å²) in [6.07, 6.45) is 0. The molecule has 166 valence electrons. The third-order valence-corrected chi connectivity index (χ3v) is 4.61. The van der Waals surface area contributed by atoms with Crippen molar-refractivity contribution in [3.05, 3.63) is 58.1 Å². The number of nitro groups is 1. The molecule has 0 aliphatic heterocycles. The molecule has 31 heavy (non-hydrogen) atoms. The first-order valence-electron chi connectivity index (χ1n) is 9.40. The fourth-order valence-electron chi connectivity index (χ4n) is 2.89. The molecule has 0 saturated heterocycles. The Labute approximate surface area is 179 Å². The number of nitrogens with one attached hydrogen (secondary N) is 1. The minimum atomic E-state index is -0.751. The molecule has 0 heterocycles. The van der Waals surface area contributed by atoms with Crippen molar-refractivity contribution in [2.24, 2.45) is 0 Å². The normalized spacial score (nSPS) is 11.2. The van der Waals surface area contributed by atoms with Crippen LogP contribution in [0.4, 0.5) is 5.69 Å². The molecule has 0 aliphatic rings. The van der Waals surface area contributed by atoms with E-state index in [1.54, 1.807) is 32.2 Å². The van der Waals surface area contributed by atoms with Gasteiger partial charge in [-0.15, -0.1) is 0 Å². The molecule has 10 nitrogen and oxygen atoms in total. The van der Waals surface area contributed by atoms with Crippen LogP contribution >= 0.6 is 0 Å². The number of methoxy groups -OCH3 is 2. The van der Waals surface area contributed by atoms with Gasteiger partial charge >= 0.3 is 5.69 Å². The van der Waals surface area contributed by atoms with Gasteiger partial charge in [0.15, 0.2) is 6.61 Å². The molecular weight excluding hydrogens is 406 g/mol. The molecule has 0 spiro atoms. The molecule has 0 saturated carbocycles. The summed E-state index contributed by atoms with van der Waals surface area (Å²) in [6.45, 7) is 1.41. The first kappa shape index (κ1) is 23.5. The minimum absolute atomic E-state index is 0.0157. The van der Waals surface area contributed by atoms with Crippen LogP contribution < -0.4 is 19.5 Å². The van der Waals surface area contributed by atoms with E-state index in [2.05, 4.69) is 5.32 Å². The number of hydrogen-bond donors (Lipinski definition) is 1. The van der Waals surface area contributed by atoms with Gasteiger partial charge in [-0.25, -0.2) is 0 Å². The van der Waals surface area contributed by atoms with Crippen LogP contribution in [-0.4, -0.2) is 55.6 Å². The van der Waals surface area contributed by atoms with Gasteiger partial charge in [0.1, 0.15) is 17.5 Å². The summed E-state index contributed by atoms with van der Waals surface area (Å²) in [6, 6.07) is 10.4. The fourth-order valence-corrected chi connectivity index (χ4v) is 2.89. The van der Waals surface area contributed by atoms with E-state index >= 15 is 0 Å².